The molecule has 0 aliphatic heterocycles. The number of aromatic nitrogens is 2. The number of nitrogens with zero attached hydrogens (tertiary/aromatic N) is 2. The standard InChI is InChI=1S/C16H13BrN2/c1-12-2-4-13(5-3-12)14-10-18-19(11-14)16-8-6-15(17)7-9-16/h2-11H,1H3. The van der Waals surface area contributed by atoms with Crippen molar-refractivity contribution in [2.75, 3.05) is 0 Å². The molecule has 2 aromatic carbocycles. The van der Waals surface area contributed by atoms with Gasteiger partial charge in [0.1, 0.15) is 0 Å². The molecule has 0 aliphatic rings. The summed E-state index contributed by atoms with van der Waals surface area (Å²) in [6.45, 7) is 2.09. The minimum Gasteiger partial charge on any atom is -0.240 e. The molecule has 3 aromatic rings. The molecule has 0 aliphatic carbocycles. The van der Waals surface area contributed by atoms with Gasteiger partial charge in [0.05, 0.1) is 11.9 Å². The van der Waals surface area contributed by atoms with Crippen molar-refractivity contribution >= 4 is 15.9 Å². The van der Waals surface area contributed by atoms with E-state index in [1.807, 2.05) is 41.3 Å². The van der Waals surface area contributed by atoms with Crippen LogP contribution in [0, 0.1) is 6.92 Å². The average Bonchev–Trinajstić information content (AvgIpc) is 2.90. The predicted octanol–water partition coefficient (Wildman–Crippen LogP) is 4.61. The Morgan fingerprint density at radius 2 is 1.58 bits per heavy atom. The normalized spacial score (nSPS) is 10.6. The molecule has 0 fully saturated rings. The van der Waals surface area contributed by atoms with Crippen molar-refractivity contribution in [2.45, 2.75) is 6.92 Å². The van der Waals surface area contributed by atoms with E-state index in [1.54, 1.807) is 0 Å². The van der Waals surface area contributed by atoms with Gasteiger partial charge in [-0.3, -0.25) is 0 Å². The Labute approximate surface area is 120 Å². The average molecular weight is 313 g/mol. The molecule has 1 heterocycles. The van der Waals surface area contributed by atoms with E-state index < -0.39 is 0 Å². The Balaban J connectivity index is 1.95. The van der Waals surface area contributed by atoms with Gasteiger partial charge in [-0.05, 0) is 36.8 Å². The summed E-state index contributed by atoms with van der Waals surface area (Å²) < 4.78 is 2.96. The fourth-order valence-electron chi connectivity index (χ4n) is 1.95. The fourth-order valence-corrected chi connectivity index (χ4v) is 2.22. The van der Waals surface area contributed by atoms with Crippen LogP contribution in [0.5, 0.6) is 0 Å². The minimum absolute atomic E-state index is 1.06. The Bertz CT molecular complexity index is 622. The first-order chi connectivity index (χ1) is 9.22. The summed E-state index contributed by atoms with van der Waals surface area (Å²) in [7, 11) is 0. The van der Waals surface area contributed by atoms with Crippen LogP contribution in [-0.4, -0.2) is 9.78 Å². The van der Waals surface area contributed by atoms with Crippen molar-refractivity contribution in [1.82, 2.24) is 9.78 Å². The fraction of sp³-hybridized carbons (Fsp3) is 0.0625. The first-order valence-electron chi connectivity index (χ1n) is 6.10. The lowest BCUT2D eigenvalue weighted by Crippen LogP contribution is -1.92. The van der Waals surface area contributed by atoms with E-state index in [0.717, 1.165) is 15.7 Å². The highest BCUT2D eigenvalue weighted by molar-refractivity contribution is 9.10. The van der Waals surface area contributed by atoms with Crippen LogP contribution in [0.2, 0.25) is 0 Å². The van der Waals surface area contributed by atoms with Gasteiger partial charge in [0.15, 0.2) is 0 Å². The molecule has 0 N–H and O–H groups in total. The molecule has 0 spiro atoms. The van der Waals surface area contributed by atoms with Gasteiger partial charge in [-0.25, -0.2) is 4.68 Å². The highest BCUT2D eigenvalue weighted by Crippen LogP contribution is 2.21. The second-order valence-electron chi connectivity index (χ2n) is 4.52. The van der Waals surface area contributed by atoms with Gasteiger partial charge in [-0.2, -0.15) is 5.10 Å². The molecule has 0 radical (unpaired) electrons. The summed E-state index contributed by atoms with van der Waals surface area (Å²) >= 11 is 3.44. The lowest BCUT2D eigenvalue weighted by molar-refractivity contribution is 0.880. The molecule has 0 bridgehead atoms. The van der Waals surface area contributed by atoms with Crippen LogP contribution in [0.15, 0.2) is 65.4 Å². The van der Waals surface area contributed by atoms with Crippen LogP contribution in [0.4, 0.5) is 0 Å². The molecule has 94 valence electrons. The molecule has 0 saturated carbocycles. The summed E-state index contributed by atoms with van der Waals surface area (Å²) in [5.74, 6) is 0. The van der Waals surface area contributed by atoms with Gasteiger partial charge in [-0.15, -0.1) is 0 Å². The number of halogens is 1. The van der Waals surface area contributed by atoms with Crippen molar-refractivity contribution in [3.05, 3.63) is 71.0 Å². The van der Waals surface area contributed by atoms with E-state index in [9.17, 15) is 0 Å². The number of rotatable bonds is 2. The Morgan fingerprint density at radius 3 is 2.26 bits per heavy atom. The summed E-state index contributed by atoms with van der Waals surface area (Å²) in [5.41, 5.74) is 4.64. The zero-order valence-electron chi connectivity index (χ0n) is 10.5. The quantitative estimate of drug-likeness (QED) is 0.675. The molecule has 3 rings (SSSR count). The third kappa shape index (κ3) is 2.61. The first kappa shape index (κ1) is 12.2. The summed E-state index contributed by atoms with van der Waals surface area (Å²) in [5, 5.41) is 4.42. The maximum Gasteiger partial charge on any atom is 0.0646 e. The van der Waals surface area contributed by atoms with Crippen LogP contribution >= 0.6 is 15.9 Å². The maximum absolute atomic E-state index is 4.42. The Morgan fingerprint density at radius 1 is 0.895 bits per heavy atom. The molecule has 3 heteroatoms. The lowest BCUT2D eigenvalue weighted by atomic mass is 10.1. The van der Waals surface area contributed by atoms with Crippen LogP contribution in [0.1, 0.15) is 5.56 Å². The van der Waals surface area contributed by atoms with Crippen LogP contribution < -0.4 is 0 Å². The van der Waals surface area contributed by atoms with E-state index in [0.29, 0.717) is 0 Å². The predicted molar refractivity (Wildman–Crippen MR) is 81.4 cm³/mol. The third-order valence-corrected chi connectivity index (χ3v) is 3.59. The number of hydrogen-bond donors (Lipinski definition) is 0. The second-order valence-corrected chi connectivity index (χ2v) is 5.43. The third-order valence-electron chi connectivity index (χ3n) is 3.06. The summed E-state index contributed by atoms with van der Waals surface area (Å²) in [6.07, 6.45) is 3.95. The van der Waals surface area contributed by atoms with E-state index in [1.165, 1.54) is 11.1 Å². The molecular weight excluding hydrogens is 300 g/mol. The first-order valence-corrected chi connectivity index (χ1v) is 6.89. The molecule has 0 saturated heterocycles. The minimum atomic E-state index is 1.06. The van der Waals surface area contributed by atoms with Crippen LogP contribution in [0.25, 0.3) is 16.8 Å². The summed E-state index contributed by atoms with van der Waals surface area (Å²) in [6, 6.07) is 16.6. The van der Waals surface area contributed by atoms with Gasteiger partial charge in [0.2, 0.25) is 0 Å². The van der Waals surface area contributed by atoms with E-state index in [2.05, 4.69) is 52.2 Å². The Hall–Kier alpha value is -1.87. The van der Waals surface area contributed by atoms with Crippen molar-refractivity contribution in [3.63, 3.8) is 0 Å². The molecule has 19 heavy (non-hydrogen) atoms. The number of aryl methyl sites for hydroxylation is 1. The van der Waals surface area contributed by atoms with Gasteiger partial charge < -0.3 is 0 Å². The van der Waals surface area contributed by atoms with Gasteiger partial charge in [-0.1, -0.05) is 45.8 Å². The summed E-state index contributed by atoms with van der Waals surface area (Å²) in [4.78, 5) is 0. The van der Waals surface area contributed by atoms with Crippen molar-refractivity contribution in [2.24, 2.45) is 0 Å². The number of benzene rings is 2. The molecule has 2 nitrogen and oxygen atoms in total. The van der Waals surface area contributed by atoms with Crippen LogP contribution in [-0.2, 0) is 0 Å². The SMILES string of the molecule is Cc1ccc(-c2cnn(-c3ccc(Br)cc3)c2)cc1. The largest absolute Gasteiger partial charge is 0.240 e. The monoisotopic (exact) mass is 312 g/mol. The van der Waals surface area contributed by atoms with Crippen molar-refractivity contribution < 1.29 is 0 Å². The molecule has 0 unspecified atom stereocenters. The molecular formula is C16H13BrN2. The second kappa shape index (κ2) is 5.02. The zero-order valence-corrected chi connectivity index (χ0v) is 12.1. The lowest BCUT2D eigenvalue weighted by Gasteiger charge is -2.01. The van der Waals surface area contributed by atoms with E-state index >= 15 is 0 Å². The van der Waals surface area contributed by atoms with Crippen LogP contribution in [0.3, 0.4) is 0 Å². The van der Waals surface area contributed by atoms with Gasteiger partial charge in [0, 0.05) is 16.2 Å². The highest BCUT2D eigenvalue weighted by atomic mass is 79.9. The van der Waals surface area contributed by atoms with Gasteiger partial charge >= 0.3 is 0 Å². The zero-order chi connectivity index (χ0) is 13.2. The van der Waals surface area contributed by atoms with E-state index in [4.69, 9.17) is 0 Å². The number of hydrogen-bond acceptors (Lipinski definition) is 1. The molecule has 0 atom stereocenters. The topological polar surface area (TPSA) is 17.8 Å². The van der Waals surface area contributed by atoms with Crippen molar-refractivity contribution in [3.8, 4) is 16.8 Å². The van der Waals surface area contributed by atoms with Gasteiger partial charge in [0.25, 0.3) is 0 Å². The maximum atomic E-state index is 4.42. The Kier molecular flexibility index (Phi) is 3.22. The molecule has 0 amide bonds. The molecule has 1 aromatic heterocycles. The van der Waals surface area contributed by atoms with Crippen molar-refractivity contribution in [1.29, 1.82) is 0 Å². The van der Waals surface area contributed by atoms with E-state index in [-0.39, 0.29) is 0 Å². The smallest absolute Gasteiger partial charge is 0.0646 e. The highest BCUT2D eigenvalue weighted by Gasteiger charge is 2.03.